The Bertz CT molecular complexity index is 1100. The number of nitrogens with one attached hydrogen (secondary N) is 1. The molecule has 7 nitrogen and oxygen atoms in total. The van der Waals surface area contributed by atoms with Crippen molar-refractivity contribution in [3.63, 3.8) is 0 Å². The molecule has 11 heteroatoms. The average molecular weight is 484 g/mol. The van der Waals surface area contributed by atoms with Gasteiger partial charge >= 0.3 is 6.18 Å². The third-order valence-electron chi connectivity index (χ3n) is 5.17. The van der Waals surface area contributed by atoms with Crippen LogP contribution in [0.1, 0.15) is 36.9 Å². The van der Waals surface area contributed by atoms with Crippen molar-refractivity contribution in [1.29, 1.82) is 0 Å². The Morgan fingerprint density at radius 3 is 2.42 bits per heavy atom. The third kappa shape index (κ3) is 6.55. The number of benzene rings is 2. The second-order valence-electron chi connectivity index (χ2n) is 7.56. The summed E-state index contributed by atoms with van der Waals surface area (Å²) in [4.78, 5) is 16.7. The minimum absolute atomic E-state index is 0.0536. The van der Waals surface area contributed by atoms with E-state index in [1.807, 2.05) is 37.3 Å². The smallest absolute Gasteiger partial charge is 0.386 e. The van der Waals surface area contributed by atoms with E-state index in [9.17, 15) is 26.4 Å². The van der Waals surface area contributed by atoms with E-state index < -0.39 is 26.7 Å². The van der Waals surface area contributed by atoms with Gasteiger partial charge < -0.3 is 10.2 Å². The van der Waals surface area contributed by atoms with Gasteiger partial charge in [-0.15, -0.1) is 0 Å². The first-order valence-corrected chi connectivity index (χ1v) is 11.7. The molecule has 1 atom stereocenters. The minimum Gasteiger partial charge on any atom is -0.386 e. The number of nitrogens with zero attached hydrogens (tertiary/aromatic N) is 2. The van der Waals surface area contributed by atoms with Gasteiger partial charge in [0, 0.05) is 25.9 Å². The molecule has 33 heavy (non-hydrogen) atoms. The Morgan fingerprint density at radius 2 is 1.79 bits per heavy atom. The largest absolute Gasteiger partial charge is 0.416 e. The monoisotopic (exact) mass is 483 g/mol. The number of amides is 1. The van der Waals surface area contributed by atoms with Crippen molar-refractivity contribution >= 4 is 21.6 Å². The zero-order valence-corrected chi connectivity index (χ0v) is 18.7. The first-order chi connectivity index (χ1) is 15.6. The Kier molecular flexibility index (Phi) is 7.75. The van der Waals surface area contributed by atoms with E-state index in [1.54, 1.807) is 0 Å². The first-order valence-electron chi connectivity index (χ1n) is 10.3. The van der Waals surface area contributed by atoms with Gasteiger partial charge in [0.2, 0.25) is 10.0 Å². The molecule has 1 saturated heterocycles. The van der Waals surface area contributed by atoms with Crippen molar-refractivity contribution in [2.45, 2.75) is 36.9 Å². The summed E-state index contributed by atoms with van der Waals surface area (Å²) in [6, 6.07) is 12.9. The molecule has 3 rings (SSSR count). The fourth-order valence-electron chi connectivity index (χ4n) is 3.35. The molecule has 0 aliphatic carbocycles. The summed E-state index contributed by atoms with van der Waals surface area (Å²) >= 11 is 0. The zero-order chi connectivity index (χ0) is 24.1. The molecule has 0 aromatic heterocycles. The van der Waals surface area contributed by atoms with Crippen molar-refractivity contribution in [3.05, 3.63) is 65.7 Å². The van der Waals surface area contributed by atoms with Crippen LogP contribution in [0.4, 0.5) is 13.2 Å². The summed E-state index contributed by atoms with van der Waals surface area (Å²) < 4.78 is 65.3. The van der Waals surface area contributed by atoms with Crippen molar-refractivity contribution in [2.75, 3.05) is 19.7 Å². The number of halogens is 3. The Morgan fingerprint density at radius 1 is 1.12 bits per heavy atom. The predicted octanol–water partition coefficient (Wildman–Crippen LogP) is 3.74. The molecule has 0 radical (unpaired) electrons. The van der Waals surface area contributed by atoms with Crippen molar-refractivity contribution in [2.24, 2.45) is 5.16 Å². The fraction of sp³-hybridized carbons (Fsp3) is 0.364. The maximum Gasteiger partial charge on any atom is 0.416 e. The molecule has 1 fully saturated rings. The molecule has 2 aromatic carbocycles. The number of sulfonamides is 1. The first kappa shape index (κ1) is 24.7. The fourth-order valence-corrected chi connectivity index (χ4v) is 4.84. The lowest BCUT2D eigenvalue weighted by atomic mass is 10.1. The SMILES string of the molecule is CC(NC(=O)CON=C1CCN(S(=O)(=O)c2cccc(C(F)(F)F)c2)CC1)c1ccccc1. The zero-order valence-electron chi connectivity index (χ0n) is 17.9. The van der Waals surface area contributed by atoms with E-state index in [0.29, 0.717) is 11.8 Å². The quantitative estimate of drug-likeness (QED) is 0.608. The second-order valence-corrected chi connectivity index (χ2v) is 9.50. The van der Waals surface area contributed by atoms with Crippen LogP contribution in [0.15, 0.2) is 64.6 Å². The van der Waals surface area contributed by atoms with Crippen LogP contribution in [-0.4, -0.2) is 44.0 Å². The van der Waals surface area contributed by atoms with Gasteiger partial charge in [0.25, 0.3) is 5.91 Å². The molecule has 0 saturated carbocycles. The highest BCUT2D eigenvalue weighted by atomic mass is 32.2. The number of piperidine rings is 1. The molecular formula is C22H24F3N3O4S. The van der Waals surface area contributed by atoms with Gasteiger partial charge in [-0.25, -0.2) is 8.42 Å². The highest BCUT2D eigenvalue weighted by molar-refractivity contribution is 7.89. The van der Waals surface area contributed by atoms with Crippen LogP contribution >= 0.6 is 0 Å². The molecule has 1 aliphatic heterocycles. The summed E-state index contributed by atoms with van der Waals surface area (Å²) in [5, 5.41) is 6.72. The van der Waals surface area contributed by atoms with Crippen LogP contribution in [0.25, 0.3) is 0 Å². The van der Waals surface area contributed by atoms with Gasteiger partial charge in [0.1, 0.15) is 0 Å². The Labute approximate surface area is 190 Å². The summed E-state index contributed by atoms with van der Waals surface area (Å²) in [7, 11) is -4.07. The molecule has 1 aliphatic rings. The summed E-state index contributed by atoms with van der Waals surface area (Å²) in [5.74, 6) is -0.347. The highest BCUT2D eigenvalue weighted by Crippen LogP contribution is 2.31. The van der Waals surface area contributed by atoms with E-state index in [0.717, 1.165) is 28.1 Å². The normalized spacial score (nSPS) is 16.2. The number of carbonyl (C=O) groups is 1. The van der Waals surface area contributed by atoms with Crippen LogP contribution in [0.3, 0.4) is 0 Å². The number of hydrogen-bond donors (Lipinski definition) is 1. The van der Waals surface area contributed by atoms with Crippen molar-refractivity contribution < 1.29 is 31.2 Å². The van der Waals surface area contributed by atoms with Gasteiger partial charge in [0.05, 0.1) is 22.2 Å². The van der Waals surface area contributed by atoms with Gasteiger partial charge in [-0.05, 0) is 30.7 Å². The van der Waals surface area contributed by atoms with Crippen LogP contribution < -0.4 is 5.32 Å². The maximum absolute atomic E-state index is 12.9. The van der Waals surface area contributed by atoms with Crippen LogP contribution in [-0.2, 0) is 25.8 Å². The highest BCUT2D eigenvalue weighted by Gasteiger charge is 2.33. The summed E-state index contributed by atoms with van der Waals surface area (Å²) in [6.45, 7) is 1.67. The van der Waals surface area contributed by atoms with Gasteiger partial charge in [-0.3, -0.25) is 4.79 Å². The minimum atomic E-state index is -4.63. The van der Waals surface area contributed by atoms with Gasteiger partial charge in [-0.2, -0.15) is 17.5 Å². The molecule has 1 heterocycles. The predicted molar refractivity (Wildman–Crippen MR) is 116 cm³/mol. The number of alkyl halides is 3. The van der Waals surface area contributed by atoms with Crippen LogP contribution in [0.5, 0.6) is 0 Å². The molecule has 1 N–H and O–H groups in total. The molecule has 1 amide bonds. The van der Waals surface area contributed by atoms with E-state index in [1.165, 1.54) is 0 Å². The van der Waals surface area contributed by atoms with Crippen LogP contribution in [0.2, 0.25) is 0 Å². The number of carbonyl (C=O) groups excluding carboxylic acids is 1. The lowest BCUT2D eigenvalue weighted by Crippen LogP contribution is -2.38. The Balaban J connectivity index is 1.50. The Hall–Kier alpha value is -2.92. The maximum atomic E-state index is 12.9. The standard InChI is InChI=1S/C22H24F3N3O4S/c1-16(17-6-3-2-4-7-17)26-21(29)15-32-27-19-10-12-28(13-11-19)33(30,31)20-9-5-8-18(14-20)22(23,24)25/h2-9,14,16H,10-13,15H2,1H3,(H,26,29). The van der Waals surface area contributed by atoms with E-state index >= 15 is 0 Å². The lowest BCUT2D eigenvalue weighted by molar-refractivity contribution is -0.137. The molecule has 1 unspecified atom stereocenters. The van der Waals surface area contributed by atoms with Crippen molar-refractivity contribution in [3.8, 4) is 0 Å². The molecule has 0 spiro atoms. The number of oxime groups is 1. The van der Waals surface area contributed by atoms with Gasteiger partial charge in [-0.1, -0.05) is 41.6 Å². The summed E-state index contributed by atoms with van der Waals surface area (Å²) in [5.41, 5.74) is 0.511. The number of rotatable bonds is 7. The van der Waals surface area contributed by atoms with E-state index in [4.69, 9.17) is 4.84 Å². The van der Waals surface area contributed by atoms with E-state index in [-0.39, 0.29) is 44.5 Å². The van der Waals surface area contributed by atoms with E-state index in [2.05, 4.69) is 10.5 Å². The second kappa shape index (κ2) is 10.3. The topological polar surface area (TPSA) is 88.1 Å². The average Bonchev–Trinajstić information content (AvgIpc) is 2.79. The molecule has 178 valence electrons. The summed E-state index contributed by atoms with van der Waals surface area (Å²) in [6.07, 6.45) is -4.13. The van der Waals surface area contributed by atoms with Crippen LogP contribution in [0, 0.1) is 0 Å². The molecule has 0 bridgehead atoms. The number of hydrogen-bond acceptors (Lipinski definition) is 5. The molecule has 2 aromatic rings. The van der Waals surface area contributed by atoms with Gasteiger partial charge in [0.15, 0.2) is 6.61 Å². The lowest BCUT2D eigenvalue weighted by Gasteiger charge is -2.26. The van der Waals surface area contributed by atoms with Crippen molar-refractivity contribution in [1.82, 2.24) is 9.62 Å². The third-order valence-corrected chi connectivity index (χ3v) is 7.06. The molecular weight excluding hydrogens is 459 g/mol.